The average Bonchev–Trinajstić information content (AvgIpc) is 2.82. The number of hydrogen-bond donors (Lipinski definition) is 1. The first-order valence-electron chi connectivity index (χ1n) is 11.8. The smallest absolute Gasteiger partial charge is 0.245 e. The number of piperidine rings is 1. The van der Waals surface area contributed by atoms with E-state index in [4.69, 9.17) is 4.74 Å². The van der Waals surface area contributed by atoms with E-state index in [-0.39, 0.29) is 21.7 Å². The number of carbonyl (C=O) groups is 1. The maximum Gasteiger partial charge on any atom is 0.245 e. The fourth-order valence-electron chi connectivity index (χ4n) is 4.05. The minimum Gasteiger partial charge on any atom is -0.495 e. The molecule has 2 aromatic carbocycles. The van der Waals surface area contributed by atoms with Gasteiger partial charge in [-0.25, -0.2) is 16.8 Å². The van der Waals surface area contributed by atoms with Crippen LogP contribution < -0.4 is 14.4 Å². The van der Waals surface area contributed by atoms with E-state index in [1.807, 2.05) is 12.1 Å². The molecule has 1 aliphatic rings. The highest BCUT2D eigenvalue weighted by Crippen LogP contribution is 2.30. The number of amides is 1. The number of benzene rings is 2. The summed E-state index contributed by atoms with van der Waals surface area (Å²) in [5.74, 6) is -0.368. The SMILES string of the molecule is COc1ccc(S(=O)(=O)N2CCCCC2)cc1NC(=O)CN(c1ccc(C(C)(C)C)cc1)S(C)(=O)=O. The largest absolute Gasteiger partial charge is 0.495 e. The maximum absolute atomic E-state index is 13.1. The number of nitrogens with zero attached hydrogens (tertiary/aromatic N) is 2. The van der Waals surface area contributed by atoms with Crippen molar-refractivity contribution in [2.45, 2.75) is 50.3 Å². The summed E-state index contributed by atoms with van der Waals surface area (Å²) in [5.41, 5.74) is 1.42. The van der Waals surface area contributed by atoms with Gasteiger partial charge in [0.15, 0.2) is 0 Å². The Morgan fingerprint density at radius 3 is 2.14 bits per heavy atom. The van der Waals surface area contributed by atoms with Crippen LogP contribution in [-0.2, 0) is 30.3 Å². The number of nitrogens with one attached hydrogen (secondary N) is 1. The molecular weight excluding hydrogens is 502 g/mol. The van der Waals surface area contributed by atoms with Crippen LogP contribution >= 0.6 is 0 Å². The first kappa shape index (κ1) is 27.9. The second-order valence-corrected chi connectivity index (χ2v) is 13.8. The molecule has 0 aromatic heterocycles. The second-order valence-electron chi connectivity index (χ2n) is 9.94. The van der Waals surface area contributed by atoms with E-state index in [9.17, 15) is 21.6 Å². The van der Waals surface area contributed by atoms with Crippen LogP contribution in [0.2, 0.25) is 0 Å². The van der Waals surface area contributed by atoms with Crippen molar-refractivity contribution in [2.24, 2.45) is 0 Å². The Balaban J connectivity index is 1.85. The molecule has 1 fully saturated rings. The molecule has 36 heavy (non-hydrogen) atoms. The first-order valence-corrected chi connectivity index (χ1v) is 15.1. The normalized spacial score (nSPS) is 15.4. The van der Waals surface area contributed by atoms with E-state index in [0.717, 1.165) is 35.4 Å². The number of anilines is 2. The fourth-order valence-corrected chi connectivity index (χ4v) is 6.45. The van der Waals surface area contributed by atoms with E-state index in [0.29, 0.717) is 18.8 Å². The molecule has 2 aromatic rings. The monoisotopic (exact) mass is 537 g/mol. The summed E-state index contributed by atoms with van der Waals surface area (Å²) in [7, 11) is -6.10. The third kappa shape index (κ3) is 6.57. The van der Waals surface area contributed by atoms with Crippen LogP contribution in [0.15, 0.2) is 47.4 Å². The van der Waals surface area contributed by atoms with Crippen molar-refractivity contribution in [3.05, 3.63) is 48.0 Å². The molecule has 198 valence electrons. The molecule has 0 spiro atoms. The van der Waals surface area contributed by atoms with E-state index in [1.54, 1.807) is 12.1 Å². The van der Waals surface area contributed by atoms with Gasteiger partial charge in [-0.05, 0) is 54.2 Å². The lowest BCUT2D eigenvalue weighted by atomic mass is 9.87. The number of methoxy groups -OCH3 is 1. The lowest BCUT2D eigenvalue weighted by Gasteiger charge is -2.26. The van der Waals surface area contributed by atoms with Gasteiger partial charge in [-0.3, -0.25) is 9.10 Å². The van der Waals surface area contributed by atoms with Crippen molar-refractivity contribution < 1.29 is 26.4 Å². The summed E-state index contributed by atoms with van der Waals surface area (Å²) in [4.78, 5) is 13.0. The van der Waals surface area contributed by atoms with Gasteiger partial charge in [-0.15, -0.1) is 0 Å². The van der Waals surface area contributed by atoms with Gasteiger partial charge in [0.25, 0.3) is 0 Å². The van der Waals surface area contributed by atoms with Crippen LogP contribution in [0.1, 0.15) is 45.6 Å². The predicted molar refractivity (Wildman–Crippen MR) is 142 cm³/mol. The molecule has 0 saturated carbocycles. The highest BCUT2D eigenvalue weighted by atomic mass is 32.2. The summed E-state index contributed by atoms with van der Waals surface area (Å²) in [5, 5.41) is 2.63. The van der Waals surface area contributed by atoms with Gasteiger partial charge in [0.1, 0.15) is 12.3 Å². The van der Waals surface area contributed by atoms with Crippen molar-refractivity contribution >= 4 is 37.3 Å². The van der Waals surface area contributed by atoms with Gasteiger partial charge in [0, 0.05) is 13.1 Å². The molecule has 0 aliphatic carbocycles. The first-order chi connectivity index (χ1) is 16.7. The molecule has 0 bridgehead atoms. The topological polar surface area (TPSA) is 113 Å². The van der Waals surface area contributed by atoms with E-state index < -0.39 is 32.5 Å². The molecule has 0 unspecified atom stereocenters. The van der Waals surface area contributed by atoms with Gasteiger partial charge >= 0.3 is 0 Å². The lowest BCUT2D eigenvalue weighted by Crippen LogP contribution is -2.37. The van der Waals surface area contributed by atoms with Crippen molar-refractivity contribution in [3.8, 4) is 5.75 Å². The molecule has 0 radical (unpaired) electrons. The van der Waals surface area contributed by atoms with Crippen LogP contribution in [0.5, 0.6) is 5.75 Å². The van der Waals surface area contributed by atoms with E-state index in [1.165, 1.54) is 29.6 Å². The van der Waals surface area contributed by atoms with E-state index in [2.05, 4.69) is 26.1 Å². The Labute approximate surface area is 214 Å². The number of ether oxygens (including phenoxy) is 1. The summed E-state index contributed by atoms with van der Waals surface area (Å²) >= 11 is 0. The molecule has 1 heterocycles. The predicted octanol–water partition coefficient (Wildman–Crippen LogP) is 3.57. The van der Waals surface area contributed by atoms with E-state index >= 15 is 0 Å². The molecule has 0 atom stereocenters. The minimum absolute atomic E-state index is 0.0400. The molecular formula is C25H35N3O6S2. The quantitative estimate of drug-likeness (QED) is 0.551. The molecule has 11 heteroatoms. The van der Waals surface area contributed by atoms with Crippen LogP contribution in [0.25, 0.3) is 0 Å². The lowest BCUT2D eigenvalue weighted by molar-refractivity contribution is -0.114. The van der Waals surface area contributed by atoms with Gasteiger partial charge in [-0.2, -0.15) is 4.31 Å². The average molecular weight is 538 g/mol. The van der Waals surface area contributed by atoms with Crippen LogP contribution in [-0.4, -0.2) is 60.0 Å². The summed E-state index contributed by atoms with van der Waals surface area (Å²) < 4.78 is 59.0. The summed E-state index contributed by atoms with van der Waals surface area (Å²) in [6.07, 6.45) is 3.63. The molecule has 9 nitrogen and oxygen atoms in total. The van der Waals surface area contributed by atoms with Gasteiger partial charge in [0.2, 0.25) is 26.0 Å². The number of sulfonamides is 2. The Kier molecular flexibility index (Phi) is 8.37. The van der Waals surface area contributed by atoms with Crippen molar-refractivity contribution in [1.82, 2.24) is 4.31 Å². The Morgan fingerprint density at radius 2 is 1.61 bits per heavy atom. The Hall–Kier alpha value is -2.63. The standard InChI is InChI=1S/C25H35N3O6S2/c1-25(2,3)19-9-11-20(12-10-19)28(35(5,30)31)18-24(29)26-22-17-21(13-14-23(22)34-4)36(32,33)27-15-7-6-8-16-27/h9-14,17H,6-8,15-16,18H2,1-5H3,(H,26,29). The summed E-state index contributed by atoms with van der Waals surface area (Å²) in [6, 6.07) is 11.3. The van der Waals surface area contributed by atoms with Gasteiger partial charge in [-0.1, -0.05) is 39.3 Å². The summed E-state index contributed by atoms with van der Waals surface area (Å²) in [6.45, 7) is 6.57. The number of carbonyl (C=O) groups excluding carboxylic acids is 1. The molecule has 3 rings (SSSR count). The van der Waals surface area contributed by atoms with Crippen molar-refractivity contribution in [3.63, 3.8) is 0 Å². The van der Waals surface area contributed by atoms with Gasteiger partial charge < -0.3 is 10.1 Å². The third-order valence-electron chi connectivity index (χ3n) is 6.11. The van der Waals surface area contributed by atoms with Crippen molar-refractivity contribution in [1.29, 1.82) is 0 Å². The van der Waals surface area contributed by atoms with Crippen LogP contribution in [0.4, 0.5) is 11.4 Å². The number of hydrogen-bond acceptors (Lipinski definition) is 6. The second kappa shape index (κ2) is 10.8. The highest BCUT2D eigenvalue weighted by Gasteiger charge is 2.28. The molecule has 1 amide bonds. The zero-order chi connectivity index (χ0) is 26.7. The van der Waals surface area contributed by atoms with Gasteiger partial charge in [0.05, 0.1) is 29.6 Å². The van der Waals surface area contributed by atoms with Crippen LogP contribution in [0.3, 0.4) is 0 Å². The maximum atomic E-state index is 13.1. The molecule has 1 aliphatic heterocycles. The molecule has 1 N–H and O–H groups in total. The fraction of sp³-hybridized carbons (Fsp3) is 0.480. The zero-order valence-electron chi connectivity index (χ0n) is 21.4. The Morgan fingerprint density at radius 1 is 1.00 bits per heavy atom. The Bertz CT molecular complexity index is 1290. The third-order valence-corrected chi connectivity index (χ3v) is 9.14. The zero-order valence-corrected chi connectivity index (χ0v) is 23.1. The number of rotatable bonds is 8. The highest BCUT2D eigenvalue weighted by molar-refractivity contribution is 7.92. The van der Waals surface area contributed by atoms with Crippen LogP contribution in [0, 0.1) is 0 Å². The minimum atomic E-state index is -3.78. The molecule has 1 saturated heterocycles. The van der Waals surface area contributed by atoms with Crippen molar-refractivity contribution in [2.75, 3.05) is 42.6 Å².